The van der Waals surface area contributed by atoms with Crippen molar-refractivity contribution in [3.63, 3.8) is 0 Å². The van der Waals surface area contributed by atoms with E-state index in [-0.39, 0.29) is 0 Å². The Balaban J connectivity index is 2.42. The Morgan fingerprint density at radius 3 is 2.67 bits per heavy atom. The number of nitrogens with two attached hydrogens (primary N) is 1. The van der Waals surface area contributed by atoms with Crippen LogP contribution in [0.15, 0.2) is 18.2 Å². The van der Waals surface area contributed by atoms with Gasteiger partial charge in [0.1, 0.15) is 5.60 Å². The van der Waals surface area contributed by atoms with E-state index in [4.69, 9.17) is 10.5 Å². The Labute approximate surface area is 109 Å². The summed E-state index contributed by atoms with van der Waals surface area (Å²) >= 11 is 0. The van der Waals surface area contributed by atoms with Crippen LogP contribution in [0.2, 0.25) is 0 Å². The molecule has 0 aliphatic heterocycles. The molecule has 0 aromatic heterocycles. The number of ether oxygens (including phenoxy) is 1. The fraction of sp³-hybridized carbons (Fsp3) is 0.500. The van der Waals surface area contributed by atoms with Gasteiger partial charge >= 0.3 is 6.09 Å². The summed E-state index contributed by atoms with van der Waals surface area (Å²) in [5.74, 6) is 0. The summed E-state index contributed by atoms with van der Waals surface area (Å²) in [7, 11) is 0. The van der Waals surface area contributed by atoms with Gasteiger partial charge in [0.15, 0.2) is 0 Å². The Kier molecular flexibility index (Phi) is 4.59. The number of alkyl carbamates (subject to hydrolysis) is 1. The van der Waals surface area contributed by atoms with Gasteiger partial charge in [0.2, 0.25) is 0 Å². The second-order valence-corrected chi connectivity index (χ2v) is 5.38. The molecule has 1 aromatic rings. The van der Waals surface area contributed by atoms with E-state index >= 15 is 0 Å². The first-order valence-electron chi connectivity index (χ1n) is 6.10. The summed E-state index contributed by atoms with van der Waals surface area (Å²) in [6, 6.07) is 5.89. The number of anilines is 1. The monoisotopic (exact) mass is 250 g/mol. The third-order valence-electron chi connectivity index (χ3n) is 2.36. The lowest BCUT2D eigenvalue weighted by Gasteiger charge is -2.19. The molecule has 1 aromatic carbocycles. The highest BCUT2D eigenvalue weighted by Gasteiger charge is 2.15. The van der Waals surface area contributed by atoms with Crippen LogP contribution in [0, 0.1) is 6.92 Å². The number of hydrogen-bond acceptors (Lipinski definition) is 3. The van der Waals surface area contributed by atoms with Gasteiger partial charge in [-0.15, -0.1) is 0 Å². The number of carbonyl (C=O) groups excluding carboxylic acids is 1. The third-order valence-corrected chi connectivity index (χ3v) is 2.36. The van der Waals surface area contributed by atoms with Gasteiger partial charge in [-0.1, -0.05) is 17.7 Å². The molecule has 0 unspecified atom stereocenters. The molecule has 0 bridgehead atoms. The molecule has 4 nitrogen and oxygen atoms in total. The summed E-state index contributed by atoms with van der Waals surface area (Å²) < 4.78 is 5.15. The number of nitrogens with one attached hydrogen (secondary N) is 1. The summed E-state index contributed by atoms with van der Waals surface area (Å²) in [6.45, 7) is 8.05. The van der Waals surface area contributed by atoms with Crippen LogP contribution in [0.4, 0.5) is 10.5 Å². The molecule has 0 aliphatic carbocycles. The van der Waals surface area contributed by atoms with Crippen LogP contribution in [0.3, 0.4) is 0 Å². The largest absolute Gasteiger partial charge is 0.444 e. The number of aryl methyl sites for hydroxylation is 1. The van der Waals surface area contributed by atoms with Crippen LogP contribution in [0.5, 0.6) is 0 Å². The minimum Gasteiger partial charge on any atom is -0.444 e. The topological polar surface area (TPSA) is 64.3 Å². The molecule has 18 heavy (non-hydrogen) atoms. The Bertz CT molecular complexity index is 422. The first-order valence-corrected chi connectivity index (χ1v) is 6.10. The van der Waals surface area contributed by atoms with Gasteiger partial charge in [-0.2, -0.15) is 0 Å². The zero-order chi connectivity index (χ0) is 13.8. The van der Waals surface area contributed by atoms with E-state index in [0.717, 1.165) is 16.8 Å². The summed E-state index contributed by atoms with van der Waals surface area (Å²) in [6.07, 6.45) is 0.306. The zero-order valence-corrected chi connectivity index (χ0v) is 11.5. The molecule has 0 heterocycles. The molecule has 0 spiro atoms. The molecule has 0 radical (unpaired) electrons. The lowest BCUT2D eigenvalue weighted by Crippen LogP contribution is -2.33. The second-order valence-electron chi connectivity index (χ2n) is 5.38. The van der Waals surface area contributed by atoms with E-state index in [0.29, 0.717) is 13.0 Å². The maximum Gasteiger partial charge on any atom is 0.407 e. The minimum absolute atomic E-state index is 0.395. The molecule has 4 heteroatoms. The van der Waals surface area contributed by atoms with Crippen LogP contribution >= 0.6 is 0 Å². The fourth-order valence-corrected chi connectivity index (χ4v) is 1.56. The second kappa shape index (κ2) is 5.76. The molecule has 100 valence electrons. The standard InChI is InChI=1S/C14H22N2O2/c1-10-5-6-12(15)11(9-10)7-8-16-13(17)18-14(2,3)4/h5-6,9H,7-8,15H2,1-4H3,(H,16,17). The van der Waals surface area contributed by atoms with E-state index in [9.17, 15) is 4.79 Å². The predicted octanol–water partition coefficient (Wildman–Crippen LogP) is 2.64. The molecule has 3 N–H and O–H groups in total. The van der Waals surface area contributed by atoms with E-state index in [1.807, 2.05) is 45.9 Å². The highest BCUT2D eigenvalue weighted by atomic mass is 16.6. The van der Waals surface area contributed by atoms with Crippen LogP contribution in [-0.4, -0.2) is 18.2 Å². The maximum atomic E-state index is 11.4. The van der Waals surface area contributed by atoms with Crippen molar-refractivity contribution in [3.8, 4) is 0 Å². The smallest absolute Gasteiger partial charge is 0.407 e. The fourth-order valence-electron chi connectivity index (χ4n) is 1.56. The van der Waals surface area contributed by atoms with Crippen LogP contribution in [-0.2, 0) is 11.2 Å². The predicted molar refractivity (Wildman–Crippen MR) is 73.5 cm³/mol. The van der Waals surface area contributed by atoms with Crippen molar-refractivity contribution in [2.24, 2.45) is 0 Å². The van der Waals surface area contributed by atoms with Crippen molar-refractivity contribution < 1.29 is 9.53 Å². The van der Waals surface area contributed by atoms with E-state index in [2.05, 4.69) is 5.32 Å². The van der Waals surface area contributed by atoms with E-state index < -0.39 is 11.7 Å². The van der Waals surface area contributed by atoms with Crippen molar-refractivity contribution in [3.05, 3.63) is 29.3 Å². The quantitative estimate of drug-likeness (QED) is 0.810. The molecule has 0 saturated heterocycles. The van der Waals surface area contributed by atoms with Crippen molar-refractivity contribution in [2.45, 2.75) is 39.7 Å². The van der Waals surface area contributed by atoms with Crippen molar-refractivity contribution in [1.29, 1.82) is 0 Å². The van der Waals surface area contributed by atoms with E-state index in [1.54, 1.807) is 0 Å². The molecular formula is C14H22N2O2. The average molecular weight is 250 g/mol. The highest BCUT2D eigenvalue weighted by Crippen LogP contribution is 2.14. The molecule has 1 rings (SSSR count). The Hall–Kier alpha value is -1.71. The maximum absolute atomic E-state index is 11.4. The van der Waals surface area contributed by atoms with Crippen molar-refractivity contribution >= 4 is 11.8 Å². The first-order chi connectivity index (χ1) is 8.28. The number of benzene rings is 1. The lowest BCUT2D eigenvalue weighted by atomic mass is 10.1. The highest BCUT2D eigenvalue weighted by molar-refractivity contribution is 5.67. The number of hydrogen-bond donors (Lipinski definition) is 2. The molecule has 0 saturated carbocycles. The van der Waals surface area contributed by atoms with Crippen molar-refractivity contribution in [2.75, 3.05) is 12.3 Å². The van der Waals surface area contributed by atoms with Crippen LogP contribution < -0.4 is 11.1 Å². The normalized spacial score (nSPS) is 11.1. The third kappa shape index (κ3) is 5.08. The molecule has 0 aliphatic rings. The minimum atomic E-state index is -0.466. The van der Waals surface area contributed by atoms with Gasteiger partial charge in [-0.3, -0.25) is 0 Å². The van der Waals surface area contributed by atoms with Crippen molar-refractivity contribution in [1.82, 2.24) is 5.32 Å². The zero-order valence-electron chi connectivity index (χ0n) is 11.5. The van der Waals surface area contributed by atoms with Crippen LogP contribution in [0.25, 0.3) is 0 Å². The van der Waals surface area contributed by atoms with Gasteiger partial charge in [-0.25, -0.2) is 4.79 Å². The molecule has 1 amide bonds. The van der Waals surface area contributed by atoms with Gasteiger partial charge < -0.3 is 15.8 Å². The molecular weight excluding hydrogens is 228 g/mol. The Morgan fingerprint density at radius 2 is 2.06 bits per heavy atom. The Morgan fingerprint density at radius 1 is 1.39 bits per heavy atom. The summed E-state index contributed by atoms with van der Waals surface area (Å²) in [5, 5.41) is 2.72. The summed E-state index contributed by atoms with van der Waals surface area (Å²) in [4.78, 5) is 11.4. The summed E-state index contributed by atoms with van der Waals surface area (Å²) in [5.41, 5.74) is 8.37. The average Bonchev–Trinajstić information content (AvgIpc) is 2.20. The number of carbonyl (C=O) groups is 1. The van der Waals surface area contributed by atoms with Gasteiger partial charge in [0.05, 0.1) is 0 Å². The van der Waals surface area contributed by atoms with Crippen LogP contribution in [0.1, 0.15) is 31.9 Å². The van der Waals surface area contributed by atoms with E-state index in [1.165, 1.54) is 0 Å². The first kappa shape index (κ1) is 14.4. The number of nitrogen functional groups attached to an aromatic ring is 1. The van der Waals surface area contributed by atoms with Gasteiger partial charge in [-0.05, 0) is 45.7 Å². The molecule has 0 atom stereocenters. The lowest BCUT2D eigenvalue weighted by molar-refractivity contribution is 0.0528. The van der Waals surface area contributed by atoms with Gasteiger partial charge in [0, 0.05) is 12.2 Å². The number of rotatable bonds is 3. The molecule has 0 fully saturated rings. The van der Waals surface area contributed by atoms with Gasteiger partial charge in [0.25, 0.3) is 0 Å². The number of amides is 1. The SMILES string of the molecule is Cc1ccc(N)c(CCNC(=O)OC(C)(C)C)c1.